The summed E-state index contributed by atoms with van der Waals surface area (Å²) >= 11 is 3.46. The fourth-order valence-electron chi connectivity index (χ4n) is 2.86. The van der Waals surface area contributed by atoms with Crippen LogP contribution in [0, 0.1) is 0 Å². The number of anilines is 1. The number of rotatable bonds is 1. The van der Waals surface area contributed by atoms with Crippen LogP contribution in [0.5, 0.6) is 0 Å². The fraction of sp³-hybridized carbons (Fsp3) is 0.467. The molecule has 1 saturated heterocycles. The third-order valence-electron chi connectivity index (χ3n) is 3.89. The Balaban J connectivity index is 2.08. The first-order valence-corrected chi connectivity index (χ1v) is 7.72. The summed E-state index contributed by atoms with van der Waals surface area (Å²) in [7, 11) is 0. The molecule has 1 aliphatic rings. The number of halogens is 1. The van der Waals surface area contributed by atoms with Crippen molar-refractivity contribution in [2.45, 2.75) is 38.6 Å². The minimum absolute atomic E-state index is 0.582. The molecule has 1 aliphatic heterocycles. The average Bonchev–Trinajstić information content (AvgIpc) is 2.62. The van der Waals surface area contributed by atoms with Gasteiger partial charge in [0.1, 0.15) is 5.52 Å². The van der Waals surface area contributed by atoms with Crippen LogP contribution in [0.1, 0.15) is 32.6 Å². The second-order valence-corrected chi connectivity index (χ2v) is 6.16. The summed E-state index contributed by atoms with van der Waals surface area (Å²) in [6, 6.07) is 4.72. The van der Waals surface area contributed by atoms with Crippen molar-refractivity contribution < 1.29 is 0 Å². The Hall–Kier alpha value is -1.16. The molecule has 0 amide bonds. The summed E-state index contributed by atoms with van der Waals surface area (Å²) in [6.07, 6.45) is 8.95. The monoisotopic (exact) mass is 319 g/mol. The van der Waals surface area contributed by atoms with E-state index in [1.807, 2.05) is 18.5 Å². The highest BCUT2D eigenvalue weighted by Crippen LogP contribution is 2.29. The lowest BCUT2D eigenvalue weighted by Gasteiger charge is -2.29. The van der Waals surface area contributed by atoms with E-state index in [4.69, 9.17) is 0 Å². The molecule has 0 aliphatic carbocycles. The molecule has 0 aromatic carbocycles. The Kier molecular flexibility index (Phi) is 3.69. The lowest BCUT2D eigenvalue weighted by atomic mass is 10.1. The largest absolute Gasteiger partial charge is 0.367 e. The van der Waals surface area contributed by atoms with Gasteiger partial charge in [-0.1, -0.05) is 12.8 Å². The first kappa shape index (κ1) is 12.9. The van der Waals surface area contributed by atoms with Crippen molar-refractivity contribution >= 4 is 32.7 Å². The average molecular weight is 320 g/mol. The fourth-order valence-corrected chi connectivity index (χ4v) is 3.18. The van der Waals surface area contributed by atoms with Crippen molar-refractivity contribution in [3.8, 4) is 0 Å². The molecule has 3 rings (SSSR count). The molecule has 19 heavy (non-hydrogen) atoms. The van der Waals surface area contributed by atoms with E-state index in [-0.39, 0.29) is 0 Å². The maximum Gasteiger partial charge on any atom is 0.112 e. The highest BCUT2D eigenvalue weighted by molar-refractivity contribution is 9.10. The maximum absolute atomic E-state index is 4.57. The molecular weight excluding hydrogens is 302 g/mol. The van der Waals surface area contributed by atoms with Crippen LogP contribution in [0.15, 0.2) is 29.0 Å². The van der Waals surface area contributed by atoms with Crippen LogP contribution in [0.4, 0.5) is 5.69 Å². The number of hydrogen-bond donors (Lipinski definition) is 0. The van der Waals surface area contributed by atoms with E-state index in [9.17, 15) is 0 Å². The molecule has 1 atom stereocenters. The van der Waals surface area contributed by atoms with Crippen molar-refractivity contribution in [3.05, 3.63) is 29.0 Å². The minimum atomic E-state index is 0.582. The van der Waals surface area contributed by atoms with Gasteiger partial charge in [0.05, 0.1) is 11.2 Å². The number of aromatic nitrogens is 2. The quantitative estimate of drug-likeness (QED) is 0.790. The zero-order valence-electron chi connectivity index (χ0n) is 11.1. The van der Waals surface area contributed by atoms with Crippen molar-refractivity contribution in [1.82, 2.24) is 9.97 Å². The van der Waals surface area contributed by atoms with Crippen LogP contribution in [0.3, 0.4) is 0 Å². The highest BCUT2D eigenvalue weighted by Gasteiger charge is 2.19. The van der Waals surface area contributed by atoms with E-state index in [2.05, 4.69) is 43.8 Å². The molecule has 2 aromatic heterocycles. The Morgan fingerprint density at radius 1 is 1.26 bits per heavy atom. The normalized spacial score (nSPS) is 20.5. The van der Waals surface area contributed by atoms with Crippen molar-refractivity contribution in [1.29, 1.82) is 0 Å². The summed E-state index contributed by atoms with van der Waals surface area (Å²) in [4.78, 5) is 11.5. The first-order valence-electron chi connectivity index (χ1n) is 6.92. The molecule has 0 N–H and O–H groups in total. The van der Waals surface area contributed by atoms with Crippen molar-refractivity contribution in [2.75, 3.05) is 11.4 Å². The summed E-state index contributed by atoms with van der Waals surface area (Å²) in [5.41, 5.74) is 3.20. The Morgan fingerprint density at radius 2 is 2.16 bits per heavy atom. The topological polar surface area (TPSA) is 29.0 Å². The molecule has 4 heteroatoms. The zero-order chi connectivity index (χ0) is 13.2. The highest BCUT2D eigenvalue weighted by atomic mass is 79.9. The smallest absolute Gasteiger partial charge is 0.112 e. The molecule has 0 radical (unpaired) electrons. The van der Waals surface area contributed by atoms with Crippen LogP contribution in [-0.4, -0.2) is 22.6 Å². The second kappa shape index (κ2) is 5.45. The molecule has 2 aromatic rings. The number of nitrogens with zero attached hydrogens (tertiary/aromatic N) is 3. The lowest BCUT2D eigenvalue weighted by Crippen LogP contribution is -2.32. The first-order chi connectivity index (χ1) is 9.25. The Labute approximate surface area is 122 Å². The summed E-state index contributed by atoms with van der Waals surface area (Å²) in [5, 5.41) is 0. The Bertz CT molecular complexity index is 585. The summed E-state index contributed by atoms with van der Waals surface area (Å²) in [6.45, 7) is 3.44. The van der Waals surface area contributed by atoms with Crippen LogP contribution in [-0.2, 0) is 0 Å². The molecule has 3 nitrogen and oxygen atoms in total. The number of fused-ring (bicyclic) bond motifs is 1. The van der Waals surface area contributed by atoms with Gasteiger partial charge in [0, 0.05) is 29.5 Å². The molecule has 3 heterocycles. The van der Waals surface area contributed by atoms with Gasteiger partial charge >= 0.3 is 0 Å². The number of pyridine rings is 2. The molecule has 0 spiro atoms. The van der Waals surface area contributed by atoms with Gasteiger partial charge in [-0.05, 0) is 47.8 Å². The van der Waals surface area contributed by atoms with E-state index < -0.39 is 0 Å². The van der Waals surface area contributed by atoms with Crippen LogP contribution in [0.2, 0.25) is 0 Å². The van der Waals surface area contributed by atoms with E-state index >= 15 is 0 Å². The van der Waals surface area contributed by atoms with Crippen LogP contribution < -0.4 is 4.90 Å². The lowest BCUT2D eigenvalue weighted by molar-refractivity contribution is 0.617. The van der Waals surface area contributed by atoms with Gasteiger partial charge in [0.25, 0.3) is 0 Å². The molecular formula is C15H18BrN3. The Morgan fingerprint density at radius 3 is 3.05 bits per heavy atom. The van der Waals surface area contributed by atoms with Gasteiger partial charge in [0.15, 0.2) is 0 Å². The van der Waals surface area contributed by atoms with Gasteiger partial charge in [0.2, 0.25) is 0 Å². The summed E-state index contributed by atoms with van der Waals surface area (Å²) < 4.78 is 0.980. The summed E-state index contributed by atoms with van der Waals surface area (Å²) in [5.74, 6) is 0. The second-order valence-electron chi connectivity index (χ2n) is 5.24. The van der Waals surface area contributed by atoms with E-state index in [1.54, 1.807) is 0 Å². The predicted molar refractivity (Wildman–Crippen MR) is 82.5 cm³/mol. The molecule has 1 unspecified atom stereocenters. The van der Waals surface area contributed by atoms with Crippen LogP contribution in [0.25, 0.3) is 11.0 Å². The van der Waals surface area contributed by atoms with Crippen molar-refractivity contribution in [3.63, 3.8) is 0 Å². The number of hydrogen-bond acceptors (Lipinski definition) is 3. The SMILES string of the molecule is CC1CCCCCN1c1ccnc2cc(Br)cnc12. The van der Waals surface area contributed by atoms with Gasteiger partial charge in [-0.15, -0.1) is 0 Å². The standard InChI is InChI=1S/C15H18BrN3/c1-11-5-3-2-4-8-19(11)14-6-7-17-13-9-12(16)10-18-15(13)14/h6-7,9-11H,2-5,8H2,1H3. The van der Waals surface area contributed by atoms with Crippen molar-refractivity contribution in [2.24, 2.45) is 0 Å². The predicted octanol–water partition coefficient (Wildman–Crippen LogP) is 4.16. The molecule has 100 valence electrons. The third-order valence-corrected chi connectivity index (χ3v) is 4.32. The third kappa shape index (κ3) is 2.59. The zero-order valence-corrected chi connectivity index (χ0v) is 12.7. The van der Waals surface area contributed by atoms with Gasteiger partial charge < -0.3 is 4.90 Å². The maximum atomic E-state index is 4.57. The van der Waals surface area contributed by atoms with E-state index in [0.29, 0.717) is 6.04 Å². The minimum Gasteiger partial charge on any atom is -0.367 e. The van der Waals surface area contributed by atoms with Crippen LogP contribution >= 0.6 is 15.9 Å². The van der Waals surface area contributed by atoms with E-state index in [1.165, 1.54) is 31.4 Å². The molecule has 0 saturated carbocycles. The van der Waals surface area contributed by atoms with Gasteiger partial charge in [-0.2, -0.15) is 0 Å². The van der Waals surface area contributed by atoms with Gasteiger partial charge in [-0.25, -0.2) is 0 Å². The van der Waals surface area contributed by atoms with E-state index in [0.717, 1.165) is 22.1 Å². The molecule has 1 fully saturated rings. The van der Waals surface area contributed by atoms with Gasteiger partial charge in [-0.3, -0.25) is 9.97 Å². The molecule has 0 bridgehead atoms.